The molecule has 2 aromatic rings. The molecule has 0 aliphatic rings. The van der Waals surface area contributed by atoms with Crippen molar-refractivity contribution in [3.8, 4) is 5.75 Å². The van der Waals surface area contributed by atoms with Gasteiger partial charge in [-0.05, 0) is 30.3 Å². The number of sulfonamides is 1. The van der Waals surface area contributed by atoms with Crippen molar-refractivity contribution in [3.63, 3.8) is 0 Å². The first-order valence-electron chi connectivity index (χ1n) is 7.08. The van der Waals surface area contributed by atoms with Gasteiger partial charge in [-0.15, -0.1) is 0 Å². The highest BCUT2D eigenvalue weighted by molar-refractivity contribution is 7.92. The average Bonchev–Trinajstić information content (AvgIpc) is 2.51. The molecular weight excluding hydrogens is 352 g/mol. The van der Waals surface area contributed by atoms with Crippen molar-refractivity contribution in [3.05, 3.63) is 59.1 Å². The van der Waals surface area contributed by atoms with Crippen molar-refractivity contribution in [2.24, 2.45) is 0 Å². The lowest BCUT2D eigenvalue weighted by atomic mass is 10.2. The summed E-state index contributed by atoms with van der Waals surface area (Å²) in [4.78, 5) is 12.1. The summed E-state index contributed by atoms with van der Waals surface area (Å²) in [6, 6.07) is 13.6. The monoisotopic (exact) mass is 368 g/mol. The van der Waals surface area contributed by atoms with E-state index in [1.165, 1.54) is 18.2 Å². The summed E-state index contributed by atoms with van der Waals surface area (Å²) in [6.07, 6.45) is 1.04. The van der Waals surface area contributed by atoms with Gasteiger partial charge in [-0.1, -0.05) is 29.8 Å². The van der Waals surface area contributed by atoms with Gasteiger partial charge in [0, 0.05) is 5.69 Å². The third kappa shape index (κ3) is 5.75. The Morgan fingerprint density at radius 3 is 2.50 bits per heavy atom. The van der Waals surface area contributed by atoms with Crippen LogP contribution < -0.4 is 14.8 Å². The molecule has 0 aliphatic carbocycles. The fourth-order valence-corrected chi connectivity index (χ4v) is 2.74. The zero-order valence-electron chi connectivity index (χ0n) is 13.0. The van der Waals surface area contributed by atoms with Crippen LogP contribution in [0.2, 0.25) is 5.02 Å². The van der Waals surface area contributed by atoms with Gasteiger partial charge in [-0.25, -0.2) is 8.42 Å². The second-order valence-corrected chi connectivity index (χ2v) is 7.14. The molecule has 0 aliphatic heterocycles. The number of rotatable bonds is 7. The van der Waals surface area contributed by atoms with E-state index in [9.17, 15) is 13.2 Å². The Labute approximate surface area is 145 Å². The van der Waals surface area contributed by atoms with E-state index in [4.69, 9.17) is 16.3 Å². The first-order valence-corrected chi connectivity index (χ1v) is 9.35. The third-order valence-corrected chi connectivity index (χ3v) is 3.84. The standard InChI is InChI=1S/C16H17ClN2O4S/c1-24(21,22)19-12-7-8-14(15(17)11-12)16(20)18-9-10-23-13-5-3-2-4-6-13/h2-8,11,19H,9-10H2,1H3,(H,18,20). The predicted molar refractivity (Wildman–Crippen MR) is 94.2 cm³/mol. The molecular formula is C16H17ClN2O4S. The average molecular weight is 369 g/mol. The molecule has 6 nitrogen and oxygen atoms in total. The van der Waals surface area contributed by atoms with Crippen molar-refractivity contribution in [2.45, 2.75) is 0 Å². The minimum Gasteiger partial charge on any atom is -0.492 e. The Morgan fingerprint density at radius 1 is 1.17 bits per heavy atom. The van der Waals surface area contributed by atoms with E-state index in [-0.39, 0.29) is 16.5 Å². The second kappa shape index (κ2) is 8.03. The topological polar surface area (TPSA) is 84.5 Å². The van der Waals surface area contributed by atoms with Gasteiger partial charge in [-0.2, -0.15) is 0 Å². The van der Waals surface area contributed by atoms with Crippen molar-refractivity contribution < 1.29 is 17.9 Å². The molecule has 8 heteroatoms. The first kappa shape index (κ1) is 18.1. The molecule has 0 spiro atoms. The summed E-state index contributed by atoms with van der Waals surface area (Å²) in [6.45, 7) is 0.633. The maximum atomic E-state index is 12.1. The summed E-state index contributed by atoms with van der Waals surface area (Å²) < 4.78 is 30.1. The van der Waals surface area contributed by atoms with Crippen LogP contribution in [0.15, 0.2) is 48.5 Å². The van der Waals surface area contributed by atoms with Gasteiger partial charge < -0.3 is 10.1 Å². The Hall–Kier alpha value is -2.25. The van der Waals surface area contributed by atoms with Gasteiger partial charge in [0.25, 0.3) is 5.91 Å². The van der Waals surface area contributed by atoms with Crippen molar-refractivity contribution in [1.82, 2.24) is 5.32 Å². The smallest absolute Gasteiger partial charge is 0.252 e. The highest BCUT2D eigenvalue weighted by atomic mass is 35.5. The van der Waals surface area contributed by atoms with Crippen LogP contribution in [0.3, 0.4) is 0 Å². The number of carbonyl (C=O) groups is 1. The van der Waals surface area contributed by atoms with E-state index in [0.717, 1.165) is 12.0 Å². The molecule has 0 atom stereocenters. The highest BCUT2D eigenvalue weighted by Gasteiger charge is 2.11. The van der Waals surface area contributed by atoms with Crippen LogP contribution in [0, 0.1) is 0 Å². The van der Waals surface area contributed by atoms with E-state index >= 15 is 0 Å². The Balaban J connectivity index is 1.88. The van der Waals surface area contributed by atoms with Crippen LogP contribution in [0.25, 0.3) is 0 Å². The number of amides is 1. The van der Waals surface area contributed by atoms with Crippen molar-refractivity contribution in [1.29, 1.82) is 0 Å². The highest BCUT2D eigenvalue weighted by Crippen LogP contribution is 2.21. The molecule has 0 heterocycles. The summed E-state index contributed by atoms with van der Waals surface area (Å²) >= 11 is 6.03. The minimum absolute atomic E-state index is 0.158. The number of halogens is 1. The number of benzene rings is 2. The van der Waals surface area contributed by atoms with Crippen molar-refractivity contribution >= 4 is 33.2 Å². The van der Waals surface area contributed by atoms with Gasteiger partial charge >= 0.3 is 0 Å². The van der Waals surface area contributed by atoms with E-state index in [0.29, 0.717) is 18.8 Å². The number of ether oxygens (including phenoxy) is 1. The molecule has 0 fully saturated rings. The molecule has 2 N–H and O–H groups in total. The predicted octanol–water partition coefficient (Wildman–Crippen LogP) is 2.52. The molecule has 2 rings (SSSR count). The van der Waals surface area contributed by atoms with Crippen molar-refractivity contribution in [2.75, 3.05) is 24.1 Å². The van der Waals surface area contributed by atoms with Gasteiger partial charge in [0.1, 0.15) is 12.4 Å². The molecule has 128 valence electrons. The number of hydrogen-bond donors (Lipinski definition) is 2. The third-order valence-electron chi connectivity index (χ3n) is 2.92. The zero-order chi connectivity index (χ0) is 17.6. The van der Waals surface area contributed by atoms with Gasteiger partial charge in [0.15, 0.2) is 0 Å². The van der Waals surface area contributed by atoms with Gasteiger partial charge in [-0.3, -0.25) is 9.52 Å². The quantitative estimate of drug-likeness (QED) is 0.735. The van der Waals surface area contributed by atoms with E-state index < -0.39 is 10.0 Å². The van der Waals surface area contributed by atoms with E-state index in [1.807, 2.05) is 30.3 Å². The lowest BCUT2D eigenvalue weighted by Gasteiger charge is -2.10. The summed E-state index contributed by atoms with van der Waals surface area (Å²) in [5.41, 5.74) is 0.557. The fraction of sp³-hybridized carbons (Fsp3) is 0.188. The number of para-hydroxylation sites is 1. The molecule has 2 aromatic carbocycles. The van der Waals surface area contributed by atoms with Crippen LogP contribution in [-0.4, -0.2) is 33.7 Å². The maximum Gasteiger partial charge on any atom is 0.252 e. The van der Waals surface area contributed by atoms with E-state index in [2.05, 4.69) is 10.0 Å². The second-order valence-electron chi connectivity index (χ2n) is 4.99. The number of nitrogens with one attached hydrogen (secondary N) is 2. The van der Waals surface area contributed by atoms with Crippen LogP contribution in [0.5, 0.6) is 5.75 Å². The Bertz CT molecular complexity index is 810. The van der Waals surface area contributed by atoms with E-state index in [1.54, 1.807) is 0 Å². The molecule has 24 heavy (non-hydrogen) atoms. The fourth-order valence-electron chi connectivity index (χ4n) is 1.92. The largest absolute Gasteiger partial charge is 0.492 e. The molecule has 1 amide bonds. The van der Waals surface area contributed by atoms with Crippen LogP contribution in [-0.2, 0) is 10.0 Å². The van der Waals surface area contributed by atoms with Crippen LogP contribution in [0.4, 0.5) is 5.69 Å². The Kier molecular flexibility index (Phi) is 6.05. The number of anilines is 1. The van der Waals surface area contributed by atoms with Crippen LogP contribution in [0.1, 0.15) is 10.4 Å². The molecule has 0 bridgehead atoms. The summed E-state index contributed by atoms with van der Waals surface area (Å²) in [5, 5.41) is 2.85. The zero-order valence-corrected chi connectivity index (χ0v) is 14.5. The maximum absolute atomic E-state index is 12.1. The van der Waals surface area contributed by atoms with Gasteiger partial charge in [0.05, 0.1) is 23.4 Å². The van der Waals surface area contributed by atoms with Gasteiger partial charge in [0.2, 0.25) is 10.0 Å². The Morgan fingerprint density at radius 2 is 1.88 bits per heavy atom. The number of carbonyl (C=O) groups excluding carboxylic acids is 1. The summed E-state index contributed by atoms with van der Waals surface area (Å²) in [7, 11) is -3.40. The molecule has 0 saturated carbocycles. The molecule has 0 aromatic heterocycles. The van der Waals surface area contributed by atoms with Crippen LogP contribution >= 0.6 is 11.6 Å². The SMILES string of the molecule is CS(=O)(=O)Nc1ccc(C(=O)NCCOc2ccccc2)c(Cl)c1. The molecule has 0 radical (unpaired) electrons. The normalized spacial score (nSPS) is 10.9. The number of hydrogen-bond acceptors (Lipinski definition) is 4. The summed E-state index contributed by atoms with van der Waals surface area (Å²) in [5.74, 6) is 0.364. The molecule has 0 unspecified atom stereocenters. The first-order chi connectivity index (χ1) is 11.3. The lowest BCUT2D eigenvalue weighted by molar-refractivity contribution is 0.0947. The lowest BCUT2D eigenvalue weighted by Crippen LogP contribution is -2.28. The minimum atomic E-state index is -3.40. The molecule has 0 saturated heterocycles.